The van der Waals surface area contributed by atoms with Crippen molar-refractivity contribution in [1.82, 2.24) is 0 Å². The Balaban J connectivity index is 2.52. The Morgan fingerprint density at radius 2 is 0.950 bits per heavy atom. The molecule has 0 aliphatic heterocycles. The number of hydrogen-bond donors (Lipinski definition) is 0. The molecule has 2 nitrogen and oxygen atoms in total. The van der Waals surface area contributed by atoms with Gasteiger partial charge in [-0.2, -0.15) is 0 Å². The van der Waals surface area contributed by atoms with Crippen molar-refractivity contribution < 1.29 is 9.47 Å². The largest absolute Gasteiger partial charge is 0.488 e. The zero-order valence-corrected chi connectivity index (χ0v) is 13.3. The molecular weight excluding hydrogens is 248 g/mol. The average molecular weight is 272 g/mol. The fourth-order valence-electron chi connectivity index (χ4n) is 2.08. The first-order valence-electron chi connectivity index (χ1n) is 7.05. The van der Waals surface area contributed by atoms with E-state index in [1.807, 2.05) is 24.3 Å². The van der Waals surface area contributed by atoms with Gasteiger partial charge >= 0.3 is 0 Å². The van der Waals surface area contributed by atoms with E-state index in [-0.39, 0.29) is 11.2 Å². The minimum Gasteiger partial charge on any atom is -0.488 e. The van der Waals surface area contributed by atoms with E-state index < -0.39 is 0 Å². The minimum atomic E-state index is -0.213. The predicted octanol–water partition coefficient (Wildman–Crippen LogP) is 5.19. The second-order valence-electron chi connectivity index (χ2n) is 7.04. The van der Waals surface area contributed by atoms with Crippen molar-refractivity contribution in [3.63, 3.8) is 0 Å². The van der Waals surface area contributed by atoms with Crippen LogP contribution in [0.1, 0.15) is 41.5 Å². The maximum absolute atomic E-state index is 6.04. The molecule has 0 aromatic heterocycles. The summed E-state index contributed by atoms with van der Waals surface area (Å²) in [6.07, 6.45) is 0. The van der Waals surface area contributed by atoms with Crippen molar-refractivity contribution in [2.75, 3.05) is 0 Å². The van der Waals surface area contributed by atoms with Gasteiger partial charge in [0.15, 0.2) is 0 Å². The van der Waals surface area contributed by atoms with Gasteiger partial charge in [0.05, 0.1) is 0 Å². The highest BCUT2D eigenvalue weighted by Gasteiger charge is 2.18. The van der Waals surface area contributed by atoms with E-state index in [0.717, 1.165) is 22.3 Å². The van der Waals surface area contributed by atoms with E-state index in [0.29, 0.717) is 0 Å². The Hall–Kier alpha value is -1.70. The first kappa shape index (κ1) is 14.7. The third kappa shape index (κ3) is 3.66. The zero-order valence-electron chi connectivity index (χ0n) is 13.3. The third-order valence-corrected chi connectivity index (χ3v) is 2.68. The van der Waals surface area contributed by atoms with Crippen LogP contribution >= 0.6 is 0 Å². The molecule has 2 aromatic rings. The van der Waals surface area contributed by atoms with E-state index in [2.05, 4.69) is 53.7 Å². The maximum Gasteiger partial charge on any atom is 0.128 e. The number of fused-ring (bicyclic) bond motifs is 1. The summed E-state index contributed by atoms with van der Waals surface area (Å²) >= 11 is 0. The van der Waals surface area contributed by atoms with Crippen LogP contribution in [0.3, 0.4) is 0 Å². The van der Waals surface area contributed by atoms with Gasteiger partial charge in [0, 0.05) is 10.8 Å². The third-order valence-electron chi connectivity index (χ3n) is 2.68. The van der Waals surface area contributed by atoms with Crippen LogP contribution in [-0.4, -0.2) is 11.2 Å². The Bertz CT molecular complexity index is 546. The second-order valence-corrected chi connectivity index (χ2v) is 7.04. The number of benzene rings is 2. The van der Waals surface area contributed by atoms with Gasteiger partial charge in [-0.05, 0) is 53.7 Å². The maximum atomic E-state index is 6.04. The van der Waals surface area contributed by atoms with Gasteiger partial charge in [-0.25, -0.2) is 0 Å². The first-order chi connectivity index (χ1) is 9.16. The highest BCUT2D eigenvalue weighted by atomic mass is 16.5. The van der Waals surface area contributed by atoms with Crippen LogP contribution in [0.15, 0.2) is 36.4 Å². The van der Waals surface area contributed by atoms with Crippen molar-refractivity contribution in [2.24, 2.45) is 0 Å². The van der Waals surface area contributed by atoms with Crippen LogP contribution in [0.2, 0.25) is 0 Å². The first-order valence-corrected chi connectivity index (χ1v) is 7.05. The Morgan fingerprint density at radius 3 is 1.25 bits per heavy atom. The van der Waals surface area contributed by atoms with Crippen molar-refractivity contribution >= 4 is 10.8 Å². The fourth-order valence-corrected chi connectivity index (χ4v) is 2.08. The zero-order chi connectivity index (χ0) is 15.0. The van der Waals surface area contributed by atoms with E-state index in [9.17, 15) is 0 Å². The molecule has 0 aliphatic rings. The molecule has 0 amide bonds. The van der Waals surface area contributed by atoms with Crippen LogP contribution < -0.4 is 9.47 Å². The van der Waals surface area contributed by atoms with E-state index in [1.54, 1.807) is 0 Å². The molecular formula is C18H24O2. The molecule has 108 valence electrons. The Labute approximate surface area is 121 Å². The van der Waals surface area contributed by atoms with E-state index in [4.69, 9.17) is 9.47 Å². The summed E-state index contributed by atoms with van der Waals surface area (Å²) in [6, 6.07) is 12.2. The molecule has 0 aliphatic carbocycles. The molecule has 2 rings (SSSR count). The average Bonchev–Trinajstić information content (AvgIpc) is 2.29. The molecule has 2 heteroatoms. The molecule has 0 bridgehead atoms. The summed E-state index contributed by atoms with van der Waals surface area (Å²) in [5, 5.41) is 2.17. The monoisotopic (exact) mass is 272 g/mol. The topological polar surface area (TPSA) is 18.5 Å². The van der Waals surface area contributed by atoms with E-state index >= 15 is 0 Å². The van der Waals surface area contributed by atoms with Crippen molar-refractivity contribution in [3.05, 3.63) is 36.4 Å². The van der Waals surface area contributed by atoms with Gasteiger partial charge in [0.1, 0.15) is 22.7 Å². The van der Waals surface area contributed by atoms with Gasteiger partial charge in [0.25, 0.3) is 0 Å². The molecule has 0 N–H and O–H groups in total. The molecule has 0 atom stereocenters. The molecule has 0 fully saturated rings. The summed E-state index contributed by atoms with van der Waals surface area (Å²) in [7, 11) is 0. The lowest BCUT2D eigenvalue weighted by atomic mass is 10.1. The summed E-state index contributed by atoms with van der Waals surface area (Å²) < 4.78 is 12.1. The molecule has 0 spiro atoms. The quantitative estimate of drug-likeness (QED) is 0.748. The molecule has 0 heterocycles. The van der Waals surface area contributed by atoms with Crippen LogP contribution in [0, 0.1) is 0 Å². The smallest absolute Gasteiger partial charge is 0.128 e. The highest BCUT2D eigenvalue weighted by molar-refractivity contribution is 5.93. The predicted molar refractivity (Wildman–Crippen MR) is 84.7 cm³/mol. The summed E-state index contributed by atoms with van der Waals surface area (Å²) in [5.74, 6) is 1.80. The van der Waals surface area contributed by atoms with Gasteiger partial charge < -0.3 is 9.47 Å². The lowest BCUT2D eigenvalue weighted by molar-refractivity contribution is 0.128. The van der Waals surface area contributed by atoms with Crippen LogP contribution in [0.5, 0.6) is 11.5 Å². The van der Waals surface area contributed by atoms with Gasteiger partial charge in [0.2, 0.25) is 0 Å². The van der Waals surface area contributed by atoms with Crippen LogP contribution in [0.25, 0.3) is 10.8 Å². The molecule has 2 aromatic carbocycles. The molecule has 20 heavy (non-hydrogen) atoms. The van der Waals surface area contributed by atoms with Gasteiger partial charge in [-0.3, -0.25) is 0 Å². The van der Waals surface area contributed by atoms with Crippen molar-refractivity contribution in [3.8, 4) is 11.5 Å². The number of hydrogen-bond acceptors (Lipinski definition) is 2. The van der Waals surface area contributed by atoms with Crippen LogP contribution in [0.4, 0.5) is 0 Å². The molecule has 0 saturated heterocycles. The molecule has 0 saturated carbocycles. The van der Waals surface area contributed by atoms with Crippen molar-refractivity contribution in [2.45, 2.75) is 52.7 Å². The lowest BCUT2D eigenvalue weighted by Crippen LogP contribution is -2.24. The van der Waals surface area contributed by atoms with Gasteiger partial charge in [-0.15, -0.1) is 0 Å². The minimum absolute atomic E-state index is 0.213. The molecule has 0 unspecified atom stereocenters. The lowest BCUT2D eigenvalue weighted by Gasteiger charge is -2.25. The van der Waals surface area contributed by atoms with E-state index in [1.165, 1.54) is 0 Å². The van der Waals surface area contributed by atoms with Crippen LogP contribution in [-0.2, 0) is 0 Å². The Kier molecular flexibility index (Phi) is 3.68. The molecule has 0 radical (unpaired) electrons. The van der Waals surface area contributed by atoms with Crippen molar-refractivity contribution in [1.29, 1.82) is 0 Å². The fraction of sp³-hybridized carbons (Fsp3) is 0.444. The summed E-state index contributed by atoms with van der Waals surface area (Å²) in [5.41, 5.74) is -0.426. The Morgan fingerprint density at radius 1 is 0.600 bits per heavy atom. The normalized spacial score (nSPS) is 12.5. The summed E-state index contributed by atoms with van der Waals surface area (Å²) in [4.78, 5) is 0. The number of rotatable bonds is 2. The summed E-state index contributed by atoms with van der Waals surface area (Å²) in [6.45, 7) is 12.3. The highest BCUT2D eigenvalue weighted by Crippen LogP contribution is 2.36. The van der Waals surface area contributed by atoms with Gasteiger partial charge in [-0.1, -0.05) is 24.3 Å². The number of ether oxygens (including phenoxy) is 2. The second kappa shape index (κ2) is 5.01. The SMILES string of the molecule is CC(C)(C)Oc1ccc(OC(C)(C)C)c2ccccc12. The standard InChI is InChI=1S/C18H24O2/c1-17(2,3)19-15-11-12-16(20-18(4,5)6)14-10-8-7-9-13(14)15/h7-12H,1-6H3.